The van der Waals surface area contributed by atoms with Crippen LogP contribution in [0.15, 0.2) is 10.7 Å². The molecule has 0 amide bonds. The molecule has 1 aromatic heterocycles. The Morgan fingerprint density at radius 3 is 2.89 bits per heavy atom. The second-order valence-corrected chi connectivity index (χ2v) is 1.79. The minimum absolute atomic E-state index is 0.0968. The molecule has 0 aliphatic carbocycles. The second kappa shape index (κ2) is 2.85. The maximum atomic E-state index is 8.48. The quantitative estimate of drug-likeness (QED) is 0.633. The Morgan fingerprint density at radius 2 is 2.56 bits per heavy atom. The molecule has 0 atom stereocenters. The van der Waals surface area contributed by atoms with Gasteiger partial charge in [0.05, 0.1) is 12.5 Å². The van der Waals surface area contributed by atoms with Gasteiger partial charge < -0.3 is 9.52 Å². The van der Waals surface area contributed by atoms with Gasteiger partial charge in [-0.15, -0.1) is 11.6 Å². The summed E-state index contributed by atoms with van der Waals surface area (Å²) in [4.78, 5) is 3.80. The molecule has 0 saturated carbocycles. The molecule has 0 spiro atoms. The first-order chi connectivity index (χ1) is 4.36. The van der Waals surface area contributed by atoms with Crippen molar-refractivity contribution in [3.63, 3.8) is 0 Å². The van der Waals surface area contributed by atoms with Crippen molar-refractivity contribution in [1.29, 1.82) is 0 Å². The van der Waals surface area contributed by atoms with Crippen molar-refractivity contribution in [2.24, 2.45) is 0 Å². The Labute approximate surface area is 57.3 Å². The molecule has 1 heterocycles. The van der Waals surface area contributed by atoms with Gasteiger partial charge in [-0.3, -0.25) is 0 Å². The molecule has 0 radical (unpaired) electrons. The summed E-state index contributed by atoms with van der Waals surface area (Å²) in [6.07, 6.45) is 1.39. The molecule has 0 saturated heterocycles. The Kier molecular flexibility index (Phi) is 2.08. The van der Waals surface area contributed by atoms with Crippen molar-refractivity contribution in [1.82, 2.24) is 4.98 Å². The van der Waals surface area contributed by atoms with E-state index in [-0.39, 0.29) is 12.5 Å². The lowest BCUT2D eigenvalue weighted by Crippen LogP contribution is -1.82. The van der Waals surface area contributed by atoms with E-state index < -0.39 is 0 Å². The number of halogens is 1. The van der Waals surface area contributed by atoms with Crippen LogP contribution < -0.4 is 0 Å². The van der Waals surface area contributed by atoms with Gasteiger partial charge >= 0.3 is 0 Å². The summed E-state index contributed by atoms with van der Waals surface area (Å²) in [5.41, 5.74) is 0.519. The van der Waals surface area contributed by atoms with E-state index in [2.05, 4.69) is 4.98 Å². The van der Waals surface area contributed by atoms with E-state index in [9.17, 15) is 0 Å². The Balaban J connectivity index is 2.74. The van der Waals surface area contributed by atoms with Crippen molar-refractivity contribution in [3.05, 3.63) is 17.8 Å². The first-order valence-corrected chi connectivity index (χ1v) is 3.00. The summed E-state index contributed by atoms with van der Waals surface area (Å²) in [6, 6.07) is 0. The number of alkyl halides is 1. The summed E-state index contributed by atoms with van der Waals surface area (Å²) in [5.74, 6) is 0.695. The van der Waals surface area contributed by atoms with E-state index in [1.54, 1.807) is 0 Å². The van der Waals surface area contributed by atoms with Crippen molar-refractivity contribution >= 4 is 11.6 Å². The third kappa shape index (κ3) is 1.43. The first kappa shape index (κ1) is 6.58. The highest BCUT2D eigenvalue weighted by atomic mass is 35.5. The highest BCUT2D eigenvalue weighted by molar-refractivity contribution is 6.16. The SMILES string of the molecule is OCc1coc(CCl)n1. The molecule has 50 valence electrons. The third-order valence-electron chi connectivity index (χ3n) is 0.876. The van der Waals surface area contributed by atoms with E-state index in [1.807, 2.05) is 0 Å². The van der Waals surface area contributed by atoms with Gasteiger partial charge in [-0.2, -0.15) is 0 Å². The van der Waals surface area contributed by atoms with Crippen molar-refractivity contribution < 1.29 is 9.52 Å². The maximum Gasteiger partial charge on any atom is 0.209 e. The van der Waals surface area contributed by atoms with Crippen molar-refractivity contribution in [2.45, 2.75) is 12.5 Å². The summed E-state index contributed by atoms with van der Waals surface area (Å²) in [5, 5.41) is 8.48. The number of aliphatic hydroxyl groups excluding tert-OH is 1. The Bertz CT molecular complexity index is 168. The van der Waals surface area contributed by atoms with Crippen LogP contribution in [0.5, 0.6) is 0 Å². The molecule has 0 unspecified atom stereocenters. The number of rotatable bonds is 2. The fourth-order valence-electron chi connectivity index (χ4n) is 0.483. The van der Waals surface area contributed by atoms with Crippen LogP contribution >= 0.6 is 11.6 Å². The molecule has 0 aliphatic heterocycles. The number of hydrogen-bond donors (Lipinski definition) is 1. The summed E-state index contributed by atoms with van der Waals surface area (Å²) in [6.45, 7) is -0.0968. The molecule has 0 aliphatic rings. The number of aliphatic hydroxyl groups is 1. The molecular weight excluding hydrogens is 142 g/mol. The third-order valence-corrected chi connectivity index (χ3v) is 1.10. The molecule has 1 rings (SSSR count). The lowest BCUT2D eigenvalue weighted by Gasteiger charge is -1.79. The van der Waals surface area contributed by atoms with Gasteiger partial charge in [0.25, 0.3) is 0 Å². The van der Waals surface area contributed by atoms with Crippen LogP contribution in [0.25, 0.3) is 0 Å². The Hall–Kier alpha value is -0.540. The molecule has 4 heteroatoms. The lowest BCUT2D eigenvalue weighted by molar-refractivity contribution is 0.276. The van der Waals surface area contributed by atoms with E-state index in [4.69, 9.17) is 21.1 Å². The minimum atomic E-state index is -0.0968. The minimum Gasteiger partial charge on any atom is -0.447 e. The number of aromatic nitrogens is 1. The molecule has 0 fully saturated rings. The average molecular weight is 148 g/mol. The summed E-state index contributed by atoms with van der Waals surface area (Å²) < 4.78 is 4.80. The highest BCUT2D eigenvalue weighted by Crippen LogP contribution is 2.03. The predicted molar refractivity (Wildman–Crippen MR) is 32.0 cm³/mol. The van der Waals surface area contributed by atoms with Crippen LogP contribution in [0.2, 0.25) is 0 Å². The molecule has 1 N–H and O–H groups in total. The van der Waals surface area contributed by atoms with E-state index in [0.717, 1.165) is 0 Å². The maximum absolute atomic E-state index is 8.48. The van der Waals surface area contributed by atoms with Gasteiger partial charge in [-0.1, -0.05) is 0 Å². The van der Waals surface area contributed by atoms with Crippen LogP contribution in [0.3, 0.4) is 0 Å². The fourth-order valence-corrected chi connectivity index (χ4v) is 0.606. The highest BCUT2D eigenvalue weighted by Gasteiger charge is 1.98. The fraction of sp³-hybridized carbons (Fsp3) is 0.400. The van der Waals surface area contributed by atoms with Crippen molar-refractivity contribution in [3.8, 4) is 0 Å². The molecule has 0 aromatic carbocycles. The van der Waals surface area contributed by atoms with Crippen LogP contribution in [0, 0.1) is 0 Å². The number of oxazole rings is 1. The average Bonchev–Trinajstić information content (AvgIpc) is 2.34. The molecular formula is C5H6ClNO2. The molecule has 9 heavy (non-hydrogen) atoms. The van der Waals surface area contributed by atoms with Crippen LogP contribution in [-0.4, -0.2) is 10.1 Å². The first-order valence-electron chi connectivity index (χ1n) is 2.47. The van der Waals surface area contributed by atoms with Gasteiger partial charge in [0.15, 0.2) is 0 Å². The van der Waals surface area contributed by atoms with Crippen LogP contribution in [-0.2, 0) is 12.5 Å². The zero-order chi connectivity index (χ0) is 6.69. The number of hydrogen-bond acceptors (Lipinski definition) is 3. The van der Waals surface area contributed by atoms with E-state index >= 15 is 0 Å². The number of nitrogens with zero attached hydrogens (tertiary/aromatic N) is 1. The zero-order valence-corrected chi connectivity index (χ0v) is 5.43. The summed E-state index contributed by atoms with van der Waals surface area (Å²) in [7, 11) is 0. The largest absolute Gasteiger partial charge is 0.447 e. The molecule has 0 bridgehead atoms. The second-order valence-electron chi connectivity index (χ2n) is 1.52. The topological polar surface area (TPSA) is 46.3 Å². The smallest absolute Gasteiger partial charge is 0.209 e. The summed E-state index contributed by atoms with van der Waals surface area (Å²) >= 11 is 5.36. The van der Waals surface area contributed by atoms with Gasteiger partial charge in [0.1, 0.15) is 12.0 Å². The van der Waals surface area contributed by atoms with E-state index in [1.165, 1.54) is 6.26 Å². The van der Waals surface area contributed by atoms with Crippen molar-refractivity contribution in [2.75, 3.05) is 0 Å². The molecule has 3 nitrogen and oxygen atoms in total. The van der Waals surface area contributed by atoms with Gasteiger partial charge in [0.2, 0.25) is 5.89 Å². The zero-order valence-electron chi connectivity index (χ0n) is 4.67. The van der Waals surface area contributed by atoms with Gasteiger partial charge in [-0.25, -0.2) is 4.98 Å². The lowest BCUT2D eigenvalue weighted by atomic mass is 10.5. The van der Waals surface area contributed by atoms with Crippen LogP contribution in [0.1, 0.15) is 11.6 Å². The Morgan fingerprint density at radius 1 is 1.78 bits per heavy atom. The predicted octanol–water partition coefficient (Wildman–Crippen LogP) is 0.906. The van der Waals surface area contributed by atoms with Crippen LogP contribution in [0.4, 0.5) is 0 Å². The normalized spacial score (nSPS) is 10.0. The van der Waals surface area contributed by atoms with Gasteiger partial charge in [0, 0.05) is 0 Å². The molecule has 1 aromatic rings. The standard InChI is InChI=1S/C5H6ClNO2/c6-1-5-7-4(2-8)3-9-5/h3,8H,1-2H2. The van der Waals surface area contributed by atoms with Gasteiger partial charge in [-0.05, 0) is 0 Å². The van der Waals surface area contributed by atoms with E-state index in [0.29, 0.717) is 11.6 Å². The monoisotopic (exact) mass is 147 g/mol.